The van der Waals surface area contributed by atoms with E-state index in [2.05, 4.69) is 4.90 Å². The van der Waals surface area contributed by atoms with Crippen molar-refractivity contribution >= 4 is 35.1 Å². The van der Waals surface area contributed by atoms with Gasteiger partial charge in [0.05, 0.1) is 10.0 Å². The van der Waals surface area contributed by atoms with Crippen molar-refractivity contribution in [1.29, 1.82) is 0 Å². The molecule has 2 heterocycles. The molecule has 0 radical (unpaired) electrons. The van der Waals surface area contributed by atoms with E-state index in [0.717, 1.165) is 5.56 Å². The van der Waals surface area contributed by atoms with Gasteiger partial charge in [-0.3, -0.25) is 14.5 Å². The van der Waals surface area contributed by atoms with Gasteiger partial charge in [0.25, 0.3) is 0 Å². The van der Waals surface area contributed by atoms with Crippen LogP contribution < -0.4 is 0 Å². The second-order valence-electron chi connectivity index (χ2n) is 6.75. The largest absolute Gasteiger partial charge is 0.481 e. The third-order valence-corrected chi connectivity index (χ3v) is 6.01. The maximum atomic E-state index is 12.1. The van der Waals surface area contributed by atoms with E-state index in [1.807, 2.05) is 12.1 Å². The van der Waals surface area contributed by atoms with Crippen molar-refractivity contribution in [3.63, 3.8) is 0 Å². The number of methoxy groups -OCH3 is 1. The lowest BCUT2D eigenvalue weighted by atomic mass is 9.81. The van der Waals surface area contributed by atoms with E-state index < -0.39 is 11.4 Å². The Morgan fingerprint density at radius 3 is 2.72 bits per heavy atom. The van der Waals surface area contributed by atoms with Crippen LogP contribution in [0.1, 0.15) is 5.56 Å². The number of hydrogen-bond acceptors (Lipinski definition) is 4. The molecule has 0 saturated carbocycles. The molecule has 0 aromatic heterocycles. The fraction of sp³-hybridized carbons (Fsp3) is 0.529. The maximum Gasteiger partial charge on any atom is 0.313 e. The lowest BCUT2D eigenvalue weighted by molar-refractivity contribution is -0.149. The third kappa shape index (κ3) is 3.36. The molecule has 0 aliphatic carbocycles. The van der Waals surface area contributed by atoms with E-state index in [4.69, 9.17) is 27.9 Å². The van der Waals surface area contributed by atoms with Gasteiger partial charge in [0.1, 0.15) is 12.0 Å². The van der Waals surface area contributed by atoms with E-state index in [9.17, 15) is 14.7 Å². The Morgan fingerprint density at radius 1 is 1.32 bits per heavy atom. The quantitative estimate of drug-likeness (QED) is 0.837. The first-order chi connectivity index (χ1) is 11.9. The molecule has 0 spiro atoms. The van der Waals surface area contributed by atoms with Crippen molar-refractivity contribution < 1.29 is 19.4 Å². The Morgan fingerprint density at radius 2 is 2.08 bits per heavy atom. The van der Waals surface area contributed by atoms with Gasteiger partial charge in [0, 0.05) is 45.8 Å². The summed E-state index contributed by atoms with van der Waals surface area (Å²) in [7, 11) is 1.46. The first-order valence-electron chi connectivity index (χ1n) is 8.02. The Bertz CT molecular complexity index is 699. The first kappa shape index (κ1) is 18.5. The Labute approximate surface area is 156 Å². The third-order valence-electron chi connectivity index (χ3n) is 5.15. The van der Waals surface area contributed by atoms with Crippen molar-refractivity contribution in [1.82, 2.24) is 9.80 Å². The molecule has 2 atom stereocenters. The highest BCUT2D eigenvalue weighted by Gasteiger charge is 2.58. The van der Waals surface area contributed by atoms with Gasteiger partial charge in [-0.05, 0) is 11.6 Å². The Hall–Kier alpha value is -1.34. The van der Waals surface area contributed by atoms with Crippen LogP contribution >= 0.6 is 23.2 Å². The molecule has 8 heteroatoms. The number of carbonyl (C=O) groups excluding carboxylic acids is 1. The van der Waals surface area contributed by atoms with Gasteiger partial charge in [-0.15, -0.1) is 0 Å². The summed E-state index contributed by atoms with van der Waals surface area (Å²) in [4.78, 5) is 27.7. The van der Waals surface area contributed by atoms with Gasteiger partial charge in [-0.25, -0.2) is 0 Å². The summed E-state index contributed by atoms with van der Waals surface area (Å²) in [6, 6.07) is 5.45. The monoisotopic (exact) mass is 386 g/mol. The topological polar surface area (TPSA) is 70.1 Å². The molecule has 2 fully saturated rings. The standard InChI is InChI=1S/C17H20Cl2N2O4/c1-25-8-14(22)21-7-12-6-20(9-17(12,10-21)16(23)24)5-11-3-2-4-13(18)15(11)19/h2-4,12H,5-10H2,1H3,(H,23,24)/t12-,17-/m1/s1. The smallest absolute Gasteiger partial charge is 0.313 e. The van der Waals surface area contributed by atoms with Gasteiger partial charge in [-0.1, -0.05) is 35.3 Å². The Balaban J connectivity index is 1.75. The molecule has 25 heavy (non-hydrogen) atoms. The van der Waals surface area contributed by atoms with Crippen LogP contribution in [0, 0.1) is 11.3 Å². The summed E-state index contributed by atoms with van der Waals surface area (Å²) in [6.45, 7) is 2.16. The maximum absolute atomic E-state index is 12.1. The predicted molar refractivity (Wildman–Crippen MR) is 93.8 cm³/mol. The number of ether oxygens (including phenoxy) is 1. The highest BCUT2D eigenvalue weighted by molar-refractivity contribution is 6.42. The number of carbonyl (C=O) groups is 2. The highest BCUT2D eigenvalue weighted by atomic mass is 35.5. The number of carboxylic acid groups (broad SMARTS) is 1. The van der Waals surface area contributed by atoms with E-state index in [-0.39, 0.29) is 25.0 Å². The number of fused-ring (bicyclic) bond motifs is 1. The van der Waals surface area contributed by atoms with Gasteiger partial charge < -0.3 is 14.7 Å². The minimum atomic E-state index is -0.936. The van der Waals surface area contributed by atoms with E-state index in [1.54, 1.807) is 11.0 Å². The van der Waals surface area contributed by atoms with Crippen LogP contribution in [0.3, 0.4) is 0 Å². The number of rotatable bonds is 5. The SMILES string of the molecule is COCC(=O)N1C[C@H]2CN(Cc3cccc(Cl)c3Cl)C[C@@]2(C(=O)O)C1. The summed E-state index contributed by atoms with van der Waals surface area (Å²) in [6.07, 6.45) is 0. The number of amides is 1. The number of benzene rings is 1. The minimum Gasteiger partial charge on any atom is -0.481 e. The molecule has 1 N–H and O–H groups in total. The van der Waals surface area contributed by atoms with Crippen LogP contribution in [0.15, 0.2) is 18.2 Å². The minimum absolute atomic E-state index is 0.0236. The molecule has 3 rings (SSSR count). The van der Waals surface area contributed by atoms with Gasteiger partial charge >= 0.3 is 5.97 Å². The van der Waals surface area contributed by atoms with Crippen LogP contribution in [-0.4, -0.2) is 66.7 Å². The van der Waals surface area contributed by atoms with E-state index in [0.29, 0.717) is 36.2 Å². The van der Waals surface area contributed by atoms with E-state index in [1.165, 1.54) is 7.11 Å². The van der Waals surface area contributed by atoms with Crippen molar-refractivity contribution in [3.8, 4) is 0 Å². The molecular formula is C17H20Cl2N2O4. The second kappa shape index (κ2) is 7.11. The summed E-state index contributed by atoms with van der Waals surface area (Å²) >= 11 is 12.3. The number of halogens is 2. The molecule has 2 saturated heterocycles. The van der Waals surface area contributed by atoms with Crippen LogP contribution in [0.2, 0.25) is 10.0 Å². The number of likely N-dealkylation sites (tertiary alicyclic amines) is 2. The number of aliphatic carboxylic acids is 1. The molecule has 2 aliphatic rings. The van der Waals surface area contributed by atoms with E-state index >= 15 is 0 Å². The zero-order chi connectivity index (χ0) is 18.2. The Kier molecular flexibility index (Phi) is 5.25. The van der Waals surface area contributed by atoms with Gasteiger partial charge in [0.2, 0.25) is 5.91 Å². The molecule has 136 valence electrons. The molecule has 1 amide bonds. The van der Waals surface area contributed by atoms with Crippen molar-refractivity contribution in [2.24, 2.45) is 11.3 Å². The highest BCUT2D eigenvalue weighted by Crippen LogP contribution is 2.43. The average molecular weight is 387 g/mol. The number of hydrogen-bond donors (Lipinski definition) is 1. The van der Waals surface area contributed by atoms with Crippen molar-refractivity contribution in [3.05, 3.63) is 33.8 Å². The van der Waals surface area contributed by atoms with Crippen LogP contribution in [0.5, 0.6) is 0 Å². The lowest BCUT2D eigenvalue weighted by Crippen LogP contribution is -2.42. The molecular weight excluding hydrogens is 367 g/mol. The number of carboxylic acids is 1. The molecule has 0 bridgehead atoms. The first-order valence-corrected chi connectivity index (χ1v) is 8.78. The summed E-state index contributed by atoms with van der Waals surface area (Å²) in [5.41, 5.74) is -0.0592. The van der Waals surface area contributed by atoms with Crippen molar-refractivity contribution in [2.45, 2.75) is 6.54 Å². The zero-order valence-electron chi connectivity index (χ0n) is 13.9. The normalized spacial score (nSPS) is 26.0. The lowest BCUT2D eigenvalue weighted by Gasteiger charge is -2.25. The summed E-state index contributed by atoms with van der Waals surface area (Å²) < 4.78 is 4.88. The van der Waals surface area contributed by atoms with Crippen LogP contribution in [0.25, 0.3) is 0 Å². The molecule has 6 nitrogen and oxygen atoms in total. The van der Waals surface area contributed by atoms with Gasteiger partial charge in [-0.2, -0.15) is 0 Å². The summed E-state index contributed by atoms with van der Waals surface area (Å²) in [5, 5.41) is 10.8. The average Bonchev–Trinajstić information content (AvgIpc) is 3.07. The second-order valence-corrected chi connectivity index (χ2v) is 7.53. The predicted octanol–water partition coefficient (Wildman–Crippen LogP) is 1.98. The molecule has 1 aromatic carbocycles. The summed E-state index contributed by atoms with van der Waals surface area (Å²) in [5.74, 6) is -1.13. The fourth-order valence-electron chi connectivity index (χ4n) is 3.91. The van der Waals surface area contributed by atoms with Gasteiger partial charge in [0.15, 0.2) is 0 Å². The van der Waals surface area contributed by atoms with Crippen LogP contribution in [0.4, 0.5) is 0 Å². The zero-order valence-corrected chi connectivity index (χ0v) is 15.4. The van der Waals surface area contributed by atoms with Crippen LogP contribution in [-0.2, 0) is 20.9 Å². The molecule has 1 aromatic rings. The fourth-order valence-corrected chi connectivity index (χ4v) is 4.29. The molecule has 0 unspecified atom stereocenters. The number of nitrogens with zero attached hydrogens (tertiary/aromatic N) is 2. The molecule has 2 aliphatic heterocycles. The van der Waals surface area contributed by atoms with Crippen molar-refractivity contribution in [2.75, 3.05) is 39.9 Å².